The highest BCUT2D eigenvalue weighted by atomic mass is 32.2. The maximum Gasteiger partial charge on any atom is 0.347 e. The molecular formula is C12H19NO4S2. The van der Waals surface area contributed by atoms with Gasteiger partial charge in [0.05, 0.1) is 0 Å². The summed E-state index contributed by atoms with van der Waals surface area (Å²) in [7, 11) is -3.76. The van der Waals surface area contributed by atoms with Crippen LogP contribution in [0.2, 0.25) is 0 Å². The molecule has 0 saturated carbocycles. The zero-order valence-electron chi connectivity index (χ0n) is 11.5. The highest BCUT2D eigenvalue weighted by molar-refractivity contribution is 7.89. The average Bonchev–Trinajstić information content (AvgIpc) is 2.72. The van der Waals surface area contributed by atoms with Crippen LogP contribution < -0.4 is 0 Å². The van der Waals surface area contributed by atoms with Gasteiger partial charge in [-0.05, 0) is 31.2 Å². The molecule has 1 aromatic heterocycles. The first-order valence-electron chi connectivity index (χ1n) is 6.10. The van der Waals surface area contributed by atoms with Gasteiger partial charge >= 0.3 is 5.97 Å². The van der Waals surface area contributed by atoms with E-state index >= 15 is 0 Å². The Hall–Kier alpha value is -0.920. The SMILES string of the molecule is CCC(C)N(CC)S(=O)(=O)c1c(C)csc1C(=O)O. The van der Waals surface area contributed by atoms with E-state index in [1.54, 1.807) is 19.2 Å². The van der Waals surface area contributed by atoms with Crippen LogP contribution >= 0.6 is 11.3 Å². The normalized spacial score (nSPS) is 13.7. The van der Waals surface area contributed by atoms with Crippen LogP contribution in [0.15, 0.2) is 10.3 Å². The van der Waals surface area contributed by atoms with Crippen LogP contribution in [0.1, 0.15) is 42.4 Å². The molecule has 0 aliphatic rings. The lowest BCUT2D eigenvalue weighted by Crippen LogP contribution is -2.38. The summed E-state index contributed by atoms with van der Waals surface area (Å²) in [4.78, 5) is 11.0. The van der Waals surface area contributed by atoms with E-state index in [2.05, 4.69) is 0 Å². The first kappa shape index (κ1) is 16.1. The van der Waals surface area contributed by atoms with Crippen molar-refractivity contribution in [2.45, 2.75) is 45.1 Å². The fourth-order valence-electron chi connectivity index (χ4n) is 1.94. The lowest BCUT2D eigenvalue weighted by atomic mass is 10.3. The minimum absolute atomic E-state index is 0.0628. The third kappa shape index (κ3) is 2.98. The smallest absolute Gasteiger partial charge is 0.347 e. The standard InChI is InChI=1S/C12H19NO4S2/c1-5-9(4)13(6-2)19(16,17)11-8(3)7-18-10(11)12(14)15/h7,9H,5-6H2,1-4H3,(H,14,15). The van der Waals surface area contributed by atoms with Gasteiger partial charge in [0.1, 0.15) is 9.77 Å². The molecule has 1 rings (SSSR count). The van der Waals surface area contributed by atoms with Crippen LogP contribution in [-0.2, 0) is 10.0 Å². The maximum absolute atomic E-state index is 12.6. The summed E-state index contributed by atoms with van der Waals surface area (Å²) < 4.78 is 26.6. The van der Waals surface area contributed by atoms with E-state index in [4.69, 9.17) is 5.11 Å². The molecule has 1 N–H and O–H groups in total. The van der Waals surface area contributed by atoms with Gasteiger partial charge in [-0.25, -0.2) is 13.2 Å². The average molecular weight is 305 g/mol. The van der Waals surface area contributed by atoms with Crippen molar-refractivity contribution in [1.82, 2.24) is 4.31 Å². The molecule has 1 heterocycles. The number of hydrogen-bond acceptors (Lipinski definition) is 4. The third-order valence-electron chi connectivity index (χ3n) is 3.07. The molecule has 0 spiro atoms. The summed E-state index contributed by atoms with van der Waals surface area (Å²) in [5, 5.41) is 10.7. The fourth-order valence-corrected chi connectivity index (χ4v) is 5.24. The van der Waals surface area contributed by atoms with Gasteiger partial charge in [-0.3, -0.25) is 0 Å². The molecule has 5 nitrogen and oxygen atoms in total. The van der Waals surface area contributed by atoms with Gasteiger partial charge in [0.15, 0.2) is 0 Å². The quantitative estimate of drug-likeness (QED) is 0.876. The topological polar surface area (TPSA) is 74.7 Å². The van der Waals surface area contributed by atoms with Crippen LogP contribution in [0, 0.1) is 6.92 Å². The monoisotopic (exact) mass is 305 g/mol. The molecule has 0 aliphatic carbocycles. The zero-order chi connectivity index (χ0) is 14.8. The first-order chi connectivity index (χ1) is 8.77. The molecule has 108 valence electrons. The van der Waals surface area contributed by atoms with Gasteiger partial charge in [-0.2, -0.15) is 4.31 Å². The van der Waals surface area contributed by atoms with E-state index in [0.29, 0.717) is 18.5 Å². The molecule has 1 unspecified atom stereocenters. The van der Waals surface area contributed by atoms with Crippen LogP contribution in [0.5, 0.6) is 0 Å². The number of aryl methyl sites for hydroxylation is 1. The molecule has 0 amide bonds. The number of carbonyl (C=O) groups is 1. The van der Waals surface area contributed by atoms with Crippen molar-refractivity contribution in [3.8, 4) is 0 Å². The molecule has 7 heteroatoms. The molecule has 0 radical (unpaired) electrons. The van der Waals surface area contributed by atoms with Crippen LogP contribution in [0.4, 0.5) is 0 Å². The second-order valence-electron chi connectivity index (χ2n) is 4.35. The highest BCUT2D eigenvalue weighted by Gasteiger charge is 2.33. The number of nitrogens with zero attached hydrogens (tertiary/aromatic N) is 1. The maximum atomic E-state index is 12.6. The Kier molecular flexibility index (Phi) is 5.11. The lowest BCUT2D eigenvalue weighted by Gasteiger charge is -2.26. The molecule has 0 bridgehead atoms. The number of hydrogen-bond donors (Lipinski definition) is 1. The fraction of sp³-hybridized carbons (Fsp3) is 0.583. The van der Waals surface area contributed by atoms with Crippen LogP contribution in [0.3, 0.4) is 0 Å². The predicted molar refractivity (Wildman–Crippen MR) is 75.3 cm³/mol. The van der Waals surface area contributed by atoms with Gasteiger partial charge in [-0.1, -0.05) is 13.8 Å². The largest absolute Gasteiger partial charge is 0.477 e. The summed E-state index contributed by atoms with van der Waals surface area (Å²) >= 11 is 0.953. The van der Waals surface area contributed by atoms with Gasteiger partial charge in [0.25, 0.3) is 0 Å². The number of carboxylic acid groups (broad SMARTS) is 1. The van der Waals surface area contributed by atoms with Crippen molar-refractivity contribution in [1.29, 1.82) is 0 Å². The number of sulfonamides is 1. The van der Waals surface area contributed by atoms with E-state index < -0.39 is 16.0 Å². The Labute approximate surface area is 117 Å². The van der Waals surface area contributed by atoms with Crippen LogP contribution in [0.25, 0.3) is 0 Å². The summed E-state index contributed by atoms with van der Waals surface area (Å²) in [5.41, 5.74) is 0.490. The number of rotatable bonds is 6. The van der Waals surface area contributed by atoms with Crippen molar-refractivity contribution < 1.29 is 18.3 Å². The summed E-state index contributed by atoms with van der Waals surface area (Å²) in [6.07, 6.45) is 0.679. The molecule has 19 heavy (non-hydrogen) atoms. The molecule has 0 saturated heterocycles. The third-order valence-corrected chi connectivity index (χ3v) is 6.57. The van der Waals surface area contributed by atoms with E-state index in [0.717, 1.165) is 11.3 Å². The first-order valence-corrected chi connectivity index (χ1v) is 8.42. The Morgan fingerprint density at radius 1 is 1.47 bits per heavy atom. The second-order valence-corrected chi connectivity index (χ2v) is 7.05. The summed E-state index contributed by atoms with van der Waals surface area (Å²) in [6, 6.07) is -0.157. The van der Waals surface area contributed by atoms with E-state index in [1.165, 1.54) is 4.31 Å². The minimum atomic E-state index is -3.76. The van der Waals surface area contributed by atoms with E-state index in [9.17, 15) is 13.2 Å². The van der Waals surface area contributed by atoms with Crippen molar-refractivity contribution in [3.05, 3.63) is 15.8 Å². The molecule has 1 aromatic rings. The summed E-state index contributed by atoms with van der Waals surface area (Å²) in [6.45, 7) is 7.43. The Morgan fingerprint density at radius 3 is 2.47 bits per heavy atom. The van der Waals surface area contributed by atoms with Crippen molar-refractivity contribution in [2.24, 2.45) is 0 Å². The number of carboxylic acids is 1. The molecule has 1 atom stereocenters. The zero-order valence-corrected chi connectivity index (χ0v) is 13.1. The van der Waals surface area contributed by atoms with E-state index in [-0.39, 0.29) is 15.8 Å². The predicted octanol–water partition coefficient (Wildman–Crippen LogP) is 2.56. The number of thiophene rings is 1. The Balaban J connectivity index is 3.42. The summed E-state index contributed by atoms with van der Waals surface area (Å²) in [5.74, 6) is -1.20. The molecule has 0 aromatic carbocycles. The number of aromatic carboxylic acids is 1. The Morgan fingerprint density at radius 2 is 2.05 bits per heavy atom. The lowest BCUT2D eigenvalue weighted by molar-refractivity contribution is 0.0698. The molecule has 0 aliphatic heterocycles. The van der Waals surface area contributed by atoms with Crippen molar-refractivity contribution >= 4 is 27.3 Å². The van der Waals surface area contributed by atoms with Gasteiger partial charge in [0, 0.05) is 12.6 Å². The Bertz CT molecular complexity index is 562. The van der Waals surface area contributed by atoms with Gasteiger partial charge in [-0.15, -0.1) is 11.3 Å². The molecular weight excluding hydrogens is 286 g/mol. The van der Waals surface area contributed by atoms with Crippen molar-refractivity contribution in [3.63, 3.8) is 0 Å². The second kappa shape index (κ2) is 6.02. The van der Waals surface area contributed by atoms with E-state index in [1.807, 2.05) is 13.8 Å². The highest BCUT2D eigenvalue weighted by Crippen LogP contribution is 2.30. The minimum Gasteiger partial charge on any atom is -0.477 e. The van der Waals surface area contributed by atoms with Crippen molar-refractivity contribution in [2.75, 3.05) is 6.54 Å². The van der Waals surface area contributed by atoms with Gasteiger partial charge < -0.3 is 5.11 Å². The van der Waals surface area contributed by atoms with Gasteiger partial charge in [0.2, 0.25) is 10.0 Å². The molecule has 0 fully saturated rings. The van der Waals surface area contributed by atoms with Crippen LogP contribution in [-0.4, -0.2) is 36.4 Å².